The minimum Gasteiger partial charge on any atom is -0.369 e. The maximum absolute atomic E-state index is 13.2. The van der Waals surface area contributed by atoms with Gasteiger partial charge in [-0.05, 0) is 67.1 Å². The van der Waals surface area contributed by atoms with Gasteiger partial charge in [-0.2, -0.15) is 26.3 Å². The van der Waals surface area contributed by atoms with E-state index in [-0.39, 0.29) is 22.4 Å². The second kappa shape index (κ2) is 10.6. The number of nitrogens with one attached hydrogen (secondary N) is 2. The molecule has 2 amide bonds. The van der Waals surface area contributed by atoms with Crippen molar-refractivity contribution in [1.82, 2.24) is 5.32 Å². The Labute approximate surface area is 228 Å². The number of benzene rings is 2. The van der Waals surface area contributed by atoms with Gasteiger partial charge in [0, 0.05) is 26.6 Å². The van der Waals surface area contributed by atoms with Crippen LogP contribution < -0.4 is 10.6 Å². The summed E-state index contributed by atoms with van der Waals surface area (Å²) in [4.78, 5) is 26.1. The molecule has 0 aromatic heterocycles. The van der Waals surface area contributed by atoms with E-state index in [9.17, 15) is 49.5 Å². The highest BCUT2D eigenvalue weighted by Gasteiger charge is 2.71. The molecule has 3 N–H and O–H groups in total. The number of hydrogen-bond donors (Lipinski definition) is 3. The van der Waals surface area contributed by atoms with Crippen LogP contribution >= 0.6 is 22.6 Å². The third kappa shape index (κ3) is 6.97. The number of alkyl halides is 6. The molecular weight excluding hydrogens is 657 g/mol. The van der Waals surface area contributed by atoms with Crippen LogP contribution in [-0.4, -0.2) is 55.2 Å². The van der Waals surface area contributed by atoms with Crippen LogP contribution in [-0.2, 0) is 15.4 Å². The molecule has 0 saturated heterocycles. The highest BCUT2D eigenvalue weighted by atomic mass is 127. The Morgan fingerprint density at radius 1 is 0.974 bits per heavy atom. The number of rotatable bonds is 7. The third-order valence-electron chi connectivity index (χ3n) is 5.27. The molecule has 0 unspecified atom stereocenters. The third-order valence-corrected chi connectivity index (χ3v) is 7.42. The van der Waals surface area contributed by atoms with E-state index in [0.717, 1.165) is 19.2 Å². The Bertz CT molecular complexity index is 1340. The largest absolute Gasteiger partial charge is 0.430 e. The molecule has 0 atom stereocenters. The minimum atomic E-state index is -6.07. The van der Waals surface area contributed by atoms with Crippen molar-refractivity contribution in [1.29, 1.82) is 0 Å². The molecule has 7 nitrogen and oxygen atoms in total. The van der Waals surface area contributed by atoms with E-state index < -0.39 is 56.5 Å². The molecule has 0 bridgehead atoms. The Balaban J connectivity index is 2.43. The fourth-order valence-electron chi connectivity index (χ4n) is 3.71. The number of amides is 2. The maximum atomic E-state index is 13.2. The number of aryl methyl sites for hydroxylation is 1. The zero-order valence-electron chi connectivity index (χ0n) is 20.3. The predicted molar refractivity (Wildman–Crippen MR) is 136 cm³/mol. The molecule has 0 aliphatic carbocycles. The molecule has 2 aromatic carbocycles. The van der Waals surface area contributed by atoms with Crippen molar-refractivity contribution >= 4 is 49.9 Å². The second-order valence-electron chi connectivity index (χ2n) is 9.26. The van der Waals surface area contributed by atoms with Crippen LogP contribution in [0.15, 0.2) is 36.4 Å². The van der Waals surface area contributed by atoms with Gasteiger partial charge in [-0.1, -0.05) is 18.2 Å². The lowest BCUT2D eigenvalue weighted by Gasteiger charge is -2.33. The van der Waals surface area contributed by atoms with Crippen molar-refractivity contribution in [3.8, 4) is 0 Å². The van der Waals surface area contributed by atoms with Gasteiger partial charge < -0.3 is 15.7 Å². The summed E-state index contributed by atoms with van der Waals surface area (Å²) in [5, 5.41) is 14.5. The molecule has 0 aliphatic rings. The number of sulfone groups is 1. The van der Waals surface area contributed by atoms with Crippen molar-refractivity contribution in [3.05, 3.63) is 62.2 Å². The Kier molecular flexibility index (Phi) is 8.91. The van der Waals surface area contributed by atoms with E-state index in [1.165, 1.54) is 32.0 Å². The summed E-state index contributed by atoms with van der Waals surface area (Å²) in [5.41, 5.74) is -8.54. The zero-order chi connectivity index (χ0) is 29.5. The monoisotopic (exact) mass is 680 g/mol. The highest BCUT2D eigenvalue weighted by Crippen LogP contribution is 2.50. The van der Waals surface area contributed by atoms with Gasteiger partial charge >= 0.3 is 12.4 Å². The van der Waals surface area contributed by atoms with E-state index in [4.69, 9.17) is 0 Å². The quantitative estimate of drug-likeness (QED) is 0.290. The predicted octanol–water partition coefficient (Wildman–Crippen LogP) is 4.72. The first kappa shape index (κ1) is 31.8. The number of halogens is 7. The molecule has 0 radical (unpaired) electrons. The van der Waals surface area contributed by atoms with Gasteiger partial charge in [0.1, 0.15) is 9.84 Å². The van der Waals surface area contributed by atoms with Gasteiger partial charge in [0.25, 0.3) is 17.4 Å². The van der Waals surface area contributed by atoms with Crippen LogP contribution in [0.5, 0.6) is 0 Å². The van der Waals surface area contributed by atoms with Crippen LogP contribution in [0.2, 0.25) is 0 Å². The summed E-state index contributed by atoms with van der Waals surface area (Å²) in [6.07, 6.45) is -11.2. The smallest absolute Gasteiger partial charge is 0.369 e. The fraction of sp³-hybridized carbons (Fsp3) is 0.391. The Hall–Kier alpha value is -2.40. The molecule has 210 valence electrons. The van der Waals surface area contributed by atoms with Gasteiger partial charge in [0.2, 0.25) is 0 Å². The average molecular weight is 680 g/mol. The van der Waals surface area contributed by atoms with Gasteiger partial charge in [-0.25, -0.2) is 8.42 Å². The van der Waals surface area contributed by atoms with Crippen molar-refractivity contribution in [3.63, 3.8) is 0 Å². The van der Waals surface area contributed by atoms with Crippen LogP contribution in [0, 0.1) is 10.5 Å². The van der Waals surface area contributed by atoms with Crippen molar-refractivity contribution in [2.24, 2.45) is 0 Å². The SMILES string of the molecule is Cc1cc(C(O)(C(F)(F)F)C(F)(F)F)ccc1NC(=O)c1cccc(I)c1C(=O)NC(C)(C)CS(C)(=O)=O. The van der Waals surface area contributed by atoms with Crippen LogP contribution in [0.1, 0.15) is 45.7 Å². The van der Waals surface area contributed by atoms with Crippen molar-refractivity contribution in [2.45, 2.75) is 44.3 Å². The summed E-state index contributed by atoms with van der Waals surface area (Å²) in [7, 11) is -3.48. The second-order valence-corrected chi connectivity index (χ2v) is 12.6. The number of anilines is 1. The molecule has 15 heteroatoms. The van der Waals surface area contributed by atoms with Gasteiger partial charge in [-0.15, -0.1) is 0 Å². The lowest BCUT2D eigenvalue weighted by molar-refractivity contribution is -0.376. The maximum Gasteiger partial charge on any atom is 0.430 e. The van der Waals surface area contributed by atoms with Crippen molar-refractivity contribution < 1.29 is 49.5 Å². The summed E-state index contributed by atoms with van der Waals surface area (Å²) in [5.74, 6) is -2.08. The molecular formula is C23H23F6IN2O5S. The molecule has 2 aromatic rings. The summed E-state index contributed by atoms with van der Waals surface area (Å²) in [6.45, 7) is 4.06. The lowest BCUT2D eigenvalue weighted by atomic mass is 9.90. The highest BCUT2D eigenvalue weighted by molar-refractivity contribution is 14.1. The zero-order valence-corrected chi connectivity index (χ0v) is 23.3. The van der Waals surface area contributed by atoms with E-state index in [1.54, 1.807) is 22.6 Å². The number of hydrogen-bond acceptors (Lipinski definition) is 5. The molecule has 38 heavy (non-hydrogen) atoms. The topological polar surface area (TPSA) is 113 Å². The van der Waals surface area contributed by atoms with Crippen molar-refractivity contribution in [2.75, 3.05) is 17.3 Å². The number of aliphatic hydroxyl groups is 1. The first-order valence-corrected chi connectivity index (χ1v) is 13.7. The van der Waals surface area contributed by atoms with Gasteiger partial charge in [0.05, 0.1) is 16.9 Å². The number of carbonyl (C=O) groups excluding carboxylic acids is 2. The van der Waals surface area contributed by atoms with E-state index >= 15 is 0 Å². The summed E-state index contributed by atoms with van der Waals surface area (Å²) < 4.78 is 103. The first-order chi connectivity index (χ1) is 17.0. The average Bonchev–Trinajstić information content (AvgIpc) is 2.70. The molecule has 0 heterocycles. The number of carbonyl (C=O) groups is 2. The van der Waals surface area contributed by atoms with Crippen LogP contribution in [0.4, 0.5) is 32.0 Å². The van der Waals surface area contributed by atoms with E-state index in [2.05, 4.69) is 10.6 Å². The molecule has 0 spiro atoms. The van der Waals surface area contributed by atoms with E-state index in [0.29, 0.717) is 15.7 Å². The first-order valence-electron chi connectivity index (χ1n) is 10.6. The molecule has 0 fully saturated rings. The normalized spacial score (nSPS) is 13.3. The Morgan fingerprint density at radius 2 is 1.53 bits per heavy atom. The molecule has 0 saturated carbocycles. The van der Waals surface area contributed by atoms with Crippen LogP contribution in [0.3, 0.4) is 0 Å². The molecule has 2 rings (SSSR count). The summed E-state index contributed by atoms with van der Waals surface area (Å²) in [6, 6.07) is 5.83. The minimum absolute atomic E-state index is 0.120. The van der Waals surface area contributed by atoms with Gasteiger partial charge in [-0.3, -0.25) is 9.59 Å². The van der Waals surface area contributed by atoms with Crippen LogP contribution in [0.25, 0.3) is 0 Å². The Morgan fingerprint density at radius 3 is 2.00 bits per heavy atom. The van der Waals surface area contributed by atoms with E-state index in [1.807, 2.05) is 0 Å². The van der Waals surface area contributed by atoms with Gasteiger partial charge in [0.15, 0.2) is 0 Å². The standard InChI is InChI=1S/C23H23F6IN2O5S/c1-12-10-13(21(35,22(24,25)26)23(27,28)29)8-9-16(12)31-18(33)14-6-5-7-15(30)17(14)19(34)32-20(2,3)11-38(4,36)37/h5-10,35H,11H2,1-4H3,(H,31,33)(H,32,34). The summed E-state index contributed by atoms with van der Waals surface area (Å²) >= 11 is 1.78. The lowest BCUT2D eigenvalue weighted by Crippen LogP contribution is -2.53. The fourth-order valence-corrected chi connectivity index (χ4v) is 5.84. The molecule has 0 aliphatic heterocycles.